The van der Waals surface area contributed by atoms with Crippen LogP contribution in [0.25, 0.3) is 0 Å². The third-order valence-electron chi connectivity index (χ3n) is 3.05. The molecule has 2 nitrogen and oxygen atoms in total. The molecule has 0 fully saturated rings. The summed E-state index contributed by atoms with van der Waals surface area (Å²) in [7, 11) is 0. The van der Waals surface area contributed by atoms with Crippen LogP contribution in [0.2, 0.25) is 0 Å². The summed E-state index contributed by atoms with van der Waals surface area (Å²) in [5.41, 5.74) is 1.94. The van der Waals surface area contributed by atoms with Crippen molar-refractivity contribution in [2.75, 3.05) is 17.3 Å². The van der Waals surface area contributed by atoms with Gasteiger partial charge in [0.25, 0.3) is 0 Å². The Hall–Kier alpha value is -1.02. The van der Waals surface area contributed by atoms with E-state index in [1.165, 1.54) is 5.56 Å². The Bertz CT molecular complexity index is 415. The van der Waals surface area contributed by atoms with Gasteiger partial charge in [-0.3, -0.25) is 4.79 Å². The molecule has 0 atom stereocenters. The third kappa shape index (κ3) is 2.86. The van der Waals surface area contributed by atoms with E-state index in [1.54, 1.807) is 0 Å². The lowest BCUT2D eigenvalue weighted by Crippen LogP contribution is -2.47. The highest BCUT2D eigenvalue weighted by molar-refractivity contribution is 6.18. The predicted octanol–water partition coefficient (Wildman–Crippen LogP) is 3.87. The molecule has 0 aromatic heterocycles. The largest absolute Gasteiger partial charge is 0.310 e. The Morgan fingerprint density at radius 3 is 2.50 bits per heavy atom. The van der Waals surface area contributed by atoms with Crippen molar-refractivity contribution in [2.24, 2.45) is 5.41 Å². The van der Waals surface area contributed by atoms with Gasteiger partial charge in [0.05, 0.1) is 0 Å². The summed E-state index contributed by atoms with van der Waals surface area (Å²) in [5, 5.41) is 0. The van der Waals surface area contributed by atoms with Gasteiger partial charge < -0.3 is 4.90 Å². The molecule has 0 saturated carbocycles. The molecule has 0 N–H and O–H groups in total. The van der Waals surface area contributed by atoms with Crippen molar-refractivity contribution in [2.45, 2.75) is 34.1 Å². The number of carbonyl (C=O) groups is 1. The zero-order valence-corrected chi connectivity index (χ0v) is 12.4. The van der Waals surface area contributed by atoms with Crippen LogP contribution in [0, 0.1) is 5.41 Å². The van der Waals surface area contributed by atoms with E-state index in [1.807, 2.05) is 50.8 Å². The van der Waals surface area contributed by atoms with E-state index in [0.29, 0.717) is 12.4 Å². The molecular weight excluding hydrogens is 246 g/mol. The summed E-state index contributed by atoms with van der Waals surface area (Å²) in [4.78, 5) is 14.1. The van der Waals surface area contributed by atoms with E-state index < -0.39 is 0 Å². The highest BCUT2D eigenvalue weighted by Crippen LogP contribution is 2.36. The maximum absolute atomic E-state index is 12.3. The number of alkyl halides is 1. The molecule has 0 spiro atoms. The normalized spacial score (nSPS) is 16.7. The number of benzene rings is 1. The minimum atomic E-state index is -0.319. The Labute approximate surface area is 115 Å². The molecule has 18 heavy (non-hydrogen) atoms. The fraction of sp³-hybridized carbons (Fsp3) is 0.533. The lowest BCUT2D eigenvalue weighted by molar-refractivity contribution is -0.127. The van der Waals surface area contributed by atoms with E-state index >= 15 is 0 Å². The molecule has 1 amide bonds. The Kier molecular flexibility index (Phi) is 5.21. The van der Waals surface area contributed by atoms with Crippen LogP contribution in [0.3, 0.4) is 0 Å². The van der Waals surface area contributed by atoms with Crippen LogP contribution < -0.4 is 4.90 Å². The highest BCUT2D eigenvalue weighted by atomic mass is 35.5. The third-order valence-corrected chi connectivity index (χ3v) is 3.22. The molecule has 100 valence electrons. The number of hydrogen-bond acceptors (Lipinski definition) is 1. The van der Waals surface area contributed by atoms with E-state index in [4.69, 9.17) is 11.6 Å². The zero-order valence-electron chi connectivity index (χ0n) is 11.7. The summed E-state index contributed by atoms with van der Waals surface area (Å²) < 4.78 is 0. The van der Waals surface area contributed by atoms with Crippen molar-refractivity contribution in [3.63, 3.8) is 0 Å². The van der Waals surface area contributed by atoms with Gasteiger partial charge >= 0.3 is 0 Å². The van der Waals surface area contributed by atoms with Gasteiger partial charge in [-0.15, -0.1) is 11.6 Å². The number of hydrogen-bond donors (Lipinski definition) is 0. The first-order valence-corrected chi connectivity index (χ1v) is 7.05. The maximum Gasteiger partial charge on any atom is 0.233 e. The van der Waals surface area contributed by atoms with Crippen molar-refractivity contribution in [1.82, 2.24) is 0 Å². The summed E-state index contributed by atoms with van der Waals surface area (Å²) in [6.45, 7) is 8.57. The van der Waals surface area contributed by atoms with Crippen molar-refractivity contribution in [3.8, 4) is 0 Å². The summed E-state index contributed by atoms with van der Waals surface area (Å²) >= 11 is 5.77. The monoisotopic (exact) mass is 267 g/mol. The van der Waals surface area contributed by atoms with Crippen LogP contribution >= 0.6 is 11.6 Å². The first-order chi connectivity index (χ1) is 8.56. The van der Waals surface area contributed by atoms with Crippen molar-refractivity contribution in [3.05, 3.63) is 29.8 Å². The summed E-state index contributed by atoms with van der Waals surface area (Å²) in [6.07, 6.45) is 0.806. The van der Waals surface area contributed by atoms with Crippen molar-refractivity contribution >= 4 is 23.2 Å². The number of anilines is 1. The Morgan fingerprint density at radius 2 is 1.89 bits per heavy atom. The van der Waals surface area contributed by atoms with Crippen molar-refractivity contribution < 1.29 is 4.79 Å². The molecular formula is C15H22ClNO. The number of para-hydroxylation sites is 1. The van der Waals surface area contributed by atoms with Crippen LogP contribution in [0.15, 0.2) is 24.3 Å². The van der Waals surface area contributed by atoms with Crippen LogP contribution in [0.1, 0.15) is 33.3 Å². The second-order valence-electron chi connectivity index (χ2n) is 4.84. The Morgan fingerprint density at radius 1 is 1.28 bits per heavy atom. The fourth-order valence-corrected chi connectivity index (χ4v) is 2.43. The van der Waals surface area contributed by atoms with Crippen LogP contribution in [0.4, 0.5) is 5.69 Å². The van der Waals surface area contributed by atoms with Gasteiger partial charge in [-0.25, -0.2) is 0 Å². The summed E-state index contributed by atoms with van der Waals surface area (Å²) in [6, 6.07) is 8.06. The summed E-state index contributed by atoms with van der Waals surface area (Å²) in [5.74, 6) is 0.641. The van der Waals surface area contributed by atoms with Gasteiger partial charge in [0.1, 0.15) is 0 Å². The van der Waals surface area contributed by atoms with Crippen LogP contribution in [0.5, 0.6) is 0 Å². The van der Waals surface area contributed by atoms with Gasteiger partial charge in [0.15, 0.2) is 0 Å². The maximum atomic E-state index is 12.3. The molecule has 1 aliphatic heterocycles. The lowest BCUT2D eigenvalue weighted by atomic mass is 9.80. The first-order valence-electron chi connectivity index (χ1n) is 6.52. The number of nitrogens with zero attached hydrogens (tertiary/aromatic N) is 1. The van der Waals surface area contributed by atoms with Gasteiger partial charge in [0, 0.05) is 23.5 Å². The zero-order chi connectivity index (χ0) is 13.8. The minimum absolute atomic E-state index is 0.173. The topological polar surface area (TPSA) is 20.3 Å². The fourth-order valence-electron chi connectivity index (χ4n) is 2.26. The molecule has 0 unspecified atom stereocenters. The highest BCUT2D eigenvalue weighted by Gasteiger charge is 2.38. The molecule has 0 bridgehead atoms. The van der Waals surface area contributed by atoms with Gasteiger partial charge in [0.2, 0.25) is 5.91 Å². The SMILES string of the molecule is CC.CC1(C)Cc2ccccc2N(CCCl)C1=O. The molecule has 1 aromatic rings. The van der Waals surface area contributed by atoms with E-state index in [2.05, 4.69) is 6.07 Å². The number of amides is 1. The predicted molar refractivity (Wildman–Crippen MR) is 78.3 cm³/mol. The number of carbonyl (C=O) groups excluding carboxylic acids is 1. The van der Waals surface area contributed by atoms with Crippen LogP contribution in [-0.4, -0.2) is 18.3 Å². The van der Waals surface area contributed by atoms with E-state index in [9.17, 15) is 4.79 Å². The van der Waals surface area contributed by atoms with Gasteiger partial charge in [-0.2, -0.15) is 0 Å². The van der Waals surface area contributed by atoms with Gasteiger partial charge in [-0.05, 0) is 18.1 Å². The second kappa shape index (κ2) is 6.24. The number of fused-ring (bicyclic) bond motifs is 1. The molecule has 0 radical (unpaired) electrons. The average Bonchev–Trinajstić information content (AvgIpc) is 2.37. The minimum Gasteiger partial charge on any atom is -0.310 e. The van der Waals surface area contributed by atoms with Crippen LogP contribution in [-0.2, 0) is 11.2 Å². The molecule has 2 rings (SSSR count). The Balaban J connectivity index is 0.000000771. The quantitative estimate of drug-likeness (QED) is 0.745. The second-order valence-corrected chi connectivity index (χ2v) is 5.21. The molecule has 0 aliphatic carbocycles. The van der Waals surface area contributed by atoms with Crippen molar-refractivity contribution in [1.29, 1.82) is 0 Å². The first kappa shape index (κ1) is 15.0. The van der Waals surface area contributed by atoms with Gasteiger partial charge in [-0.1, -0.05) is 45.9 Å². The smallest absolute Gasteiger partial charge is 0.233 e. The van der Waals surface area contributed by atoms with E-state index in [-0.39, 0.29) is 11.3 Å². The molecule has 1 heterocycles. The number of halogens is 1. The van der Waals surface area contributed by atoms with E-state index in [0.717, 1.165) is 12.1 Å². The molecule has 1 aromatic carbocycles. The average molecular weight is 268 g/mol. The molecule has 1 aliphatic rings. The number of rotatable bonds is 2. The molecule has 0 saturated heterocycles. The standard InChI is InChI=1S/C13H16ClNO.C2H6/c1-13(2)9-10-5-3-4-6-11(10)15(8-7-14)12(13)16;1-2/h3-6H,7-9H2,1-2H3;1-2H3. The lowest BCUT2D eigenvalue weighted by Gasteiger charge is -2.38. The molecule has 3 heteroatoms.